The van der Waals surface area contributed by atoms with Crippen LogP contribution in [0.15, 0.2) is 48.5 Å². The van der Waals surface area contributed by atoms with Crippen LogP contribution in [0.4, 0.5) is 11.4 Å². The zero-order valence-electron chi connectivity index (χ0n) is 18.1. The van der Waals surface area contributed by atoms with E-state index >= 15 is 0 Å². The minimum Gasteiger partial charge on any atom is -0.494 e. The van der Waals surface area contributed by atoms with Gasteiger partial charge in [0.25, 0.3) is 0 Å². The van der Waals surface area contributed by atoms with Crippen LogP contribution in [0.5, 0.6) is 5.75 Å². The summed E-state index contributed by atoms with van der Waals surface area (Å²) in [6, 6.07) is 15.4. The molecular formula is C24H31N3O3. The number of anilines is 2. The molecule has 0 saturated carbocycles. The molecule has 1 heterocycles. The zero-order valence-corrected chi connectivity index (χ0v) is 18.1. The summed E-state index contributed by atoms with van der Waals surface area (Å²) in [5, 5.41) is 3.00. The maximum absolute atomic E-state index is 12.8. The molecule has 0 bridgehead atoms. The third kappa shape index (κ3) is 5.39. The maximum Gasteiger partial charge on any atom is 0.229 e. The van der Waals surface area contributed by atoms with Crippen molar-refractivity contribution in [3.8, 4) is 5.75 Å². The van der Waals surface area contributed by atoms with Crippen LogP contribution >= 0.6 is 0 Å². The number of ether oxygens (including phenoxy) is 1. The number of hydrogen-bond acceptors (Lipinski definition) is 4. The van der Waals surface area contributed by atoms with Crippen LogP contribution in [0.25, 0.3) is 0 Å². The number of hydrogen-bond donors (Lipinski definition) is 1. The van der Waals surface area contributed by atoms with Crippen molar-refractivity contribution in [1.29, 1.82) is 0 Å². The van der Waals surface area contributed by atoms with E-state index < -0.39 is 0 Å². The summed E-state index contributed by atoms with van der Waals surface area (Å²) in [7, 11) is 0. The first-order valence-electron chi connectivity index (χ1n) is 10.7. The Morgan fingerprint density at radius 1 is 1.13 bits per heavy atom. The van der Waals surface area contributed by atoms with Gasteiger partial charge in [0.05, 0.1) is 12.5 Å². The van der Waals surface area contributed by atoms with E-state index in [9.17, 15) is 9.59 Å². The van der Waals surface area contributed by atoms with Crippen molar-refractivity contribution in [3.05, 3.63) is 54.1 Å². The standard InChI is InChI=1S/C24H31N3O3/c1-4-26(5-2)16-18-8-7-9-20(14-18)25-24(29)19-15-23(28)27(17-19)21-10-12-22(13-11-21)30-6-3/h7-14,19H,4-6,15-17H2,1-3H3,(H,25,29). The molecule has 0 aliphatic carbocycles. The van der Waals surface area contributed by atoms with E-state index in [1.54, 1.807) is 4.90 Å². The highest BCUT2D eigenvalue weighted by molar-refractivity contribution is 6.03. The number of amides is 2. The van der Waals surface area contributed by atoms with Gasteiger partial charge in [0.1, 0.15) is 5.75 Å². The van der Waals surface area contributed by atoms with E-state index in [2.05, 4.69) is 30.1 Å². The Kier molecular flexibility index (Phi) is 7.46. The molecule has 0 spiro atoms. The molecule has 1 saturated heterocycles. The molecular weight excluding hydrogens is 378 g/mol. The summed E-state index contributed by atoms with van der Waals surface area (Å²) in [4.78, 5) is 29.3. The summed E-state index contributed by atoms with van der Waals surface area (Å²) in [5.74, 6) is 0.258. The van der Waals surface area contributed by atoms with Gasteiger partial charge in [-0.3, -0.25) is 14.5 Å². The molecule has 1 fully saturated rings. The van der Waals surface area contributed by atoms with E-state index in [-0.39, 0.29) is 24.2 Å². The number of benzene rings is 2. The zero-order chi connectivity index (χ0) is 21.5. The summed E-state index contributed by atoms with van der Waals surface area (Å²) in [6.07, 6.45) is 0.220. The maximum atomic E-state index is 12.8. The highest BCUT2D eigenvalue weighted by atomic mass is 16.5. The highest BCUT2D eigenvalue weighted by Crippen LogP contribution is 2.28. The fourth-order valence-electron chi connectivity index (χ4n) is 3.72. The van der Waals surface area contributed by atoms with Gasteiger partial charge in [0, 0.05) is 30.9 Å². The van der Waals surface area contributed by atoms with Crippen LogP contribution in [-0.2, 0) is 16.1 Å². The van der Waals surface area contributed by atoms with Crippen molar-refractivity contribution < 1.29 is 14.3 Å². The van der Waals surface area contributed by atoms with Crippen LogP contribution in [-0.4, -0.2) is 43.0 Å². The van der Waals surface area contributed by atoms with Gasteiger partial charge in [0.15, 0.2) is 0 Å². The van der Waals surface area contributed by atoms with Gasteiger partial charge >= 0.3 is 0 Å². The Balaban J connectivity index is 1.62. The predicted octanol–water partition coefficient (Wildman–Crippen LogP) is 3.92. The number of nitrogens with zero attached hydrogens (tertiary/aromatic N) is 2. The van der Waals surface area contributed by atoms with Crippen molar-refractivity contribution in [2.45, 2.75) is 33.7 Å². The Labute approximate surface area is 178 Å². The number of carbonyl (C=O) groups is 2. The van der Waals surface area contributed by atoms with Crippen LogP contribution in [0.3, 0.4) is 0 Å². The smallest absolute Gasteiger partial charge is 0.229 e. The number of carbonyl (C=O) groups excluding carboxylic acids is 2. The minimum atomic E-state index is -0.365. The molecule has 6 heteroatoms. The van der Waals surface area contributed by atoms with E-state index in [1.165, 1.54) is 0 Å². The van der Waals surface area contributed by atoms with Crippen LogP contribution < -0.4 is 15.0 Å². The second kappa shape index (κ2) is 10.3. The van der Waals surface area contributed by atoms with E-state index in [4.69, 9.17) is 4.74 Å². The van der Waals surface area contributed by atoms with Crippen LogP contribution in [0, 0.1) is 5.92 Å². The van der Waals surface area contributed by atoms with Gasteiger partial charge in [-0.05, 0) is 62.0 Å². The average molecular weight is 410 g/mol. The van der Waals surface area contributed by atoms with E-state index in [0.717, 1.165) is 42.3 Å². The highest BCUT2D eigenvalue weighted by Gasteiger charge is 2.35. The van der Waals surface area contributed by atoms with Crippen molar-refractivity contribution in [3.63, 3.8) is 0 Å². The van der Waals surface area contributed by atoms with Gasteiger partial charge in [-0.25, -0.2) is 0 Å². The monoisotopic (exact) mass is 409 g/mol. The van der Waals surface area contributed by atoms with Crippen molar-refractivity contribution in [2.24, 2.45) is 5.92 Å². The Hall–Kier alpha value is -2.86. The Morgan fingerprint density at radius 2 is 1.87 bits per heavy atom. The fraction of sp³-hybridized carbons (Fsp3) is 0.417. The van der Waals surface area contributed by atoms with Crippen molar-refractivity contribution in [2.75, 3.05) is 36.5 Å². The molecule has 160 valence electrons. The Bertz CT molecular complexity index is 862. The van der Waals surface area contributed by atoms with Crippen molar-refractivity contribution >= 4 is 23.2 Å². The summed E-state index contributed by atoms with van der Waals surface area (Å²) < 4.78 is 5.45. The van der Waals surface area contributed by atoms with Crippen LogP contribution in [0.2, 0.25) is 0 Å². The quantitative estimate of drug-likeness (QED) is 0.682. The third-order valence-electron chi connectivity index (χ3n) is 5.45. The average Bonchev–Trinajstić information content (AvgIpc) is 3.15. The SMILES string of the molecule is CCOc1ccc(N2CC(C(=O)Nc3cccc(CN(CC)CC)c3)CC2=O)cc1. The largest absolute Gasteiger partial charge is 0.494 e. The topological polar surface area (TPSA) is 61.9 Å². The first-order valence-corrected chi connectivity index (χ1v) is 10.7. The number of nitrogens with one attached hydrogen (secondary N) is 1. The molecule has 0 aromatic heterocycles. The molecule has 6 nitrogen and oxygen atoms in total. The van der Waals surface area contributed by atoms with E-state index in [1.807, 2.05) is 49.4 Å². The Morgan fingerprint density at radius 3 is 2.53 bits per heavy atom. The van der Waals surface area contributed by atoms with Crippen LogP contribution in [0.1, 0.15) is 32.8 Å². The lowest BCUT2D eigenvalue weighted by Gasteiger charge is -2.19. The molecule has 2 amide bonds. The predicted molar refractivity (Wildman–Crippen MR) is 120 cm³/mol. The molecule has 1 atom stereocenters. The summed E-state index contributed by atoms with van der Waals surface area (Å²) >= 11 is 0. The van der Waals surface area contributed by atoms with Gasteiger partial charge in [0.2, 0.25) is 11.8 Å². The van der Waals surface area contributed by atoms with Gasteiger partial charge in [-0.1, -0.05) is 26.0 Å². The normalized spacial score (nSPS) is 16.2. The van der Waals surface area contributed by atoms with Crippen molar-refractivity contribution in [1.82, 2.24) is 4.90 Å². The first kappa shape index (κ1) is 21.8. The lowest BCUT2D eigenvalue weighted by molar-refractivity contribution is -0.122. The molecule has 3 rings (SSSR count). The van der Waals surface area contributed by atoms with E-state index in [0.29, 0.717) is 13.2 Å². The molecule has 1 aliphatic heterocycles. The summed E-state index contributed by atoms with van der Waals surface area (Å²) in [5.41, 5.74) is 2.73. The molecule has 30 heavy (non-hydrogen) atoms. The third-order valence-corrected chi connectivity index (χ3v) is 5.45. The molecule has 2 aromatic carbocycles. The lowest BCUT2D eigenvalue weighted by atomic mass is 10.1. The van der Waals surface area contributed by atoms with Gasteiger partial charge in [-0.2, -0.15) is 0 Å². The molecule has 0 radical (unpaired) electrons. The molecule has 2 aromatic rings. The number of rotatable bonds is 9. The molecule has 1 unspecified atom stereocenters. The van der Waals surface area contributed by atoms with Gasteiger partial charge < -0.3 is 15.0 Å². The minimum absolute atomic E-state index is 0.0328. The lowest BCUT2D eigenvalue weighted by Crippen LogP contribution is -2.28. The molecule has 1 N–H and O–H groups in total. The first-order chi connectivity index (χ1) is 14.5. The second-order valence-corrected chi connectivity index (χ2v) is 7.48. The van der Waals surface area contributed by atoms with Gasteiger partial charge in [-0.15, -0.1) is 0 Å². The summed E-state index contributed by atoms with van der Waals surface area (Å²) in [6.45, 7) is 10.0. The molecule has 1 aliphatic rings. The fourth-order valence-corrected chi connectivity index (χ4v) is 3.72. The second-order valence-electron chi connectivity index (χ2n) is 7.48.